The molecule has 1 aromatic carbocycles. The fourth-order valence-electron chi connectivity index (χ4n) is 2.52. The summed E-state index contributed by atoms with van der Waals surface area (Å²) in [7, 11) is -3.29. The predicted octanol–water partition coefficient (Wildman–Crippen LogP) is 1.51. The SMILES string of the molecule is O=S1(=O)c2cccc(O)c2NCC12CCC2. The van der Waals surface area contributed by atoms with Crippen LogP contribution in [0.5, 0.6) is 5.75 Å². The largest absolute Gasteiger partial charge is 0.506 e. The van der Waals surface area contributed by atoms with Gasteiger partial charge in [0, 0.05) is 6.54 Å². The summed E-state index contributed by atoms with van der Waals surface area (Å²) < 4.78 is 24.2. The van der Waals surface area contributed by atoms with E-state index in [0.29, 0.717) is 12.2 Å². The second kappa shape index (κ2) is 2.91. The van der Waals surface area contributed by atoms with Crippen LogP contribution in [0.3, 0.4) is 0 Å². The monoisotopic (exact) mass is 239 g/mol. The standard InChI is InChI=1S/C11H13NO3S/c13-8-3-1-4-9-10(8)12-7-11(5-2-6-11)16(9,14)15/h1,3-4,12-13H,2,5-7H2. The molecular weight excluding hydrogens is 226 g/mol. The number of aromatic hydroxyl groups is 1. The fraction of sp³-hybridized carbons (Fsp3) is 0.455. The third-order valence-corrected chi connectivity index (χ3v) is 6.33. The Labute approximate surface area is 94.2 Å². The van der Waals surface area contributed by atoms with Crippen molar-refractivity contribution in [2.45, 2.75) is 28.9 Å². The molecule has 1 aliphatic carbocycles. The summed E-state index contributed by atoms with van der Waals surface area (Å²) in [6, 6.07) is 4.64. The molecule has 0 atom stereocenters. The van der Waals surface area contributed by atoms with Gasteiger partial charge < -0.3 is 10.4 Å². The summed E-state index contributed by atoms with van der Waals surface area (Å²) in [4.78, 5) is 0.249. The summed E-state index contributed by atoms with van der Waals surface area (Å²) in [5.41, 5.74) is 0.361. The third kappa shape index (κ3) is 1.01. The number of rotatable bonds is 0. The molecule has 1 saturated carbocycles. The zero-order chi connectivity index (χ0) is 11.4. The van der Waals surface area contributed by atoms with Crippen molar-refractivity contribution in [2.75, 3.05) is 11.9 Å². The van der Waals surface area contributed by atoms with Gasteiger partial charge in [-0.05, 0) is 25.0 Å². The second-order valence-electron chi connectivity index (χ2n) is 4.54. The molecular formula is C11H13NO3S. The van der Waals surface area contributed by atoms with Gasteiger partial charge in [0.25, 0.3) is 0 Å². The minimum Gasteiger partial charge on any atom is -0.506 e. The van der Waals surface area contributed by atoms with Gasteiger partial charge in [-0.15, -0.1) is 0 Å². The predicted molar refractivity (Wildman–Crippen MR) is 60.4 cm³/mol. The van der Waals surface area contributed by atoms with E-state index in [0.717, 1.165) is 19.3 Å². The topological polar surface area (TPSA) is 66.4 Å². The zero-order valence-corrected chi connectivity index (χ0v) is 9.55. The molecule has 2 N–H and O–H groups in total. The van der Waals surface area contributed by atoms with Crippen LogP contribution < -0.4 is 5.32 Å². The van der Waals surface area contributed by atoms with E-state index in [1.807, 2.05) is 0 Å². The second-order valence-corrected chi connectivity index (χ2v) is 6.86. The van der Waals surface area contributed by atoms with E-state index in [-0.39, 0.29) is 10.6 Å². The van der Waals surface area contributed by atoms with Crippen LogP contribution in [0.15, 0.2) is 23.1 Å². The molecule has 86 valence electrons. The number of phenolic OH excluding ortho intramolecular Hbond substituents is 1. The third-order valence-electron chi connectivity index (χ3n) is 3.72. The fourth-order valence-corrected chi connectivity index (χ4v) is 4.77. The van der Waals surface area contributed by atoms with E-state index in [1.165, 1.54) is 6.07 Å². The molecule has 1 spiro atoms. The maximum atomic E-state index is 12.4. The van der Waals surface area contributed by atoms with Crippen LogP contribution >= 0.6 is 0 Å². The molecule has 16 heavy (non-hydrogen) atoms. The Balaban J connectivity index is 2.24. The van der Waals surface area contributed by atoms with Gasteiger partial charge in [0.15, 0.2) is 9.84 Å². The average molecular weight is 239 g/mol. The van der Waals surface area contributed by atoms with E-state index in [4.69, 9.17) is 0 Å². The first-order valence-electron chi connectivity index (χ1n) is 5.37. The maximum absolute atomic E-state index is 12.4. The average Bonchev–Trinajstić information content (AvgIpc) is 2.16. The van der Waals surface area contributed by atoms with Crippen molar-refractivity contribution in [2.24, 2.45) is 0 Å². The van der Waals surface area contributed by atoms with Gasteiger partial charge in [0.05, 0.1) is 15.3 Å². The van der Waals surface area contributed by atoms with Gasteiger partial charge in [-0.2, -0.15) is 0 Å². The Morgan fingerprint density at radius 3 is 2.69 bits per heavy atom. The molecule has 1 fully saturated rings. The molecule has 3 rings (SSSR count). The number of phenols is 1. The number of hydrogen-bond acceptors (Lipinski definition) is 4. The zero-order valence-electron chi connectivity index (χ0n) is 8.73. The lowest BCUT2D eigenvalue weighted by atomic mass is 9.84. The molecule has 5 heteroatoms. The molecule has 0 aromatic heterocycles. The molecule has 0 saturated heterocycles. The highest BCUT2D eigenvalue weighted by Gasteiger charge is 2.52. The first-order chi connectivity index (χ1) is 7.57. The van der Waals surface area contributed by atoms with E-state index in [2.05, 4.69) is 5.32 Å². The van der Waals surface area contributed by atoms with Gasteiger partial charge in [-0.3, -0.25) is 0 Å². The number of fused-ring (bicyclic) bond motifs is 1. The van der Waals surface area contributed by atoms with Crippen LogP contribution in [0, 0.1) is 0 Å². The molecule has 0 radical (unpaired) electrons. The number of nitrogens with one attached hydrogen (secondary N) is 1. The lowest BCUT2D eigenvalue weighted by Crippen LogP contribution is -2.53. The Hall–Kier alpha value is -1.23. The Morgan fingerprint density at radius 1 is 1.31 bits per heavy atom. The van der Waals surface area contributed by atoms with Crippen molar-refractivity contribution in [3.05, 3.63) is 18.2 Å². The van der Waals surface area contributed by atoms with Crippen LogP contribution in [0.25, 0.3) is 0 Å². The molecule has 0 amide bonds. The van der Waals surface area contributed by atoms with Gasteiger partial charge in [-0.25, -0.2) is 8.42 Å². The van der Waals surface area contributed by atoms with Crippen LogP contribution in [-0.2, 0) is 9.84 Å². The van der Waals surface area contributed by atoms with Crippen LogP contribution in [0.2, 0.25) is 0 Å². The van der Waals surface area contributed by atoms with E-state index in [1.54, 1.807) is 12.1 Å². The molecule has 1 aliphatic heterocycles. The van der Waals surface area contributed by atoms with Crippen molar-refractivity contribution in [1.82, 2.24) is 0 Å². The van der Waals surface area contributed by atoms with Gasteiger partial charge in [0.2, 0.25) is 0 Å². The summed E-state index contributed by atoms with van der Waals surface area (Å²) in [5, 5.41) is 12.7. The first kappa shape index (κ1) is 9.96. The van der Waals surface area contributed by atoms with Gasteiger partial charge in [0.1, 0.15) is 5.75 Å². The number of para-hydroxylation sites is 1. The van der Waals surface area contributed by atoms with Crippen molar-refractivity contribution in [3.63, 3.8) is 0 Å². The van der Waals surface area contributed by atoms with Crippen molar-refractivity contribution >= 4 is 15.5 Å². The highest BCUT2D eigenvalue weighted by Crippen LogP contribution is 2.49. The number of hydrogen-bond donors (Lipinski definition) is 2. The Morgan fingerprint density at radius 2 is 2.06 bits per heavy atom. The smallest absolute Gasteiger partial charge is 0.187 e. The molecule has 1 aromatic rings. The maximum Gasteiger partial charge on any atom is 0.187 e. The lowest BCUT2D eigenvalue weighted by Gasteiger charge is -2.44. The minimum absolute atomic E-state index is 0.00949. The van der Waals surface area contributed by atoms with Crippen LogP contribution in [-0.4, -0.2) is 24.8 Å². The van der Waals surface area contributed by atoms with Gasteiger partial charge in [-0.1, -0.05) is 12.5 Å². The Bertz CT molecular complexity index is 546. The van der Waals surface area contributed by atoms with E-state index >= 15 is 0 Å². The first-order valence-corrected chi connectivity index (χ1v) is 6.86. The van der Waals surface area contributed by atoms with Crippen molar-refractivity contribution in [1.29, 1.82) is 0 Å². The van der Waals surface area contributed by atoms with E-state index in [9.17, 15) is 13.5 Å². The highest BCUT2D eigenvalue weighted by atomic mass is 32.2. The van der Waals surface area contributed by atoms with Crippen molar-refractivity contribution in [3.8, 4) is 5.75 Å². The molecule has 2 aliphatic rings. The number of benzene rings is 1. The lowest BCUT2D eigenvalue weighted by molar-refractivity contribution is 0.346. The molecule has 0 bridgehead atoms. The highest BCUT2D eigenvalue weighted by molar-refractivity contribution is 7.93. The van der Waals surface area contributed by atoms with Crippen LogP contribution in [0.1, 0.15) is 19.3 Å². The Kier molecular flexibility index (Phi) is 1.81. The normalized spacial score (nSPS) is 24.2. The summed E-state index contributed by atoms with van der Waals surface area (Å²) in [5.74, 6) is 0.00949. The molecule has 1 heterocycles. The minimum atomic E-state index is -3.29. The number of sulfone groups is 1. The van der Waals surface area contributed by atoms with Crippen molar-refractivity contribution < 1.29 is 13.5 Å². The quantitative estimate of drug-likeness (QED) is 0.673. The number of anilines is 1. The van der Waals surface area contributed by atoms with Crippen LogP contribution in [0.4, 0.5) is 5.69 Å². The summed E-state index contributed by atoms with van der Waals surface area (Å²) in [6.45, 7) is 0.417. The van der Waals surface area contributed by atoms with Gasteiger partial charge >= 0.3 is 0 Å². The van der Waals surface area contributed by atoms with E-state index < -0.39 is 14.6 Å². The molecule has 0 unspecified atom stereocenters. The summed E-state index contributed by atoms with van der Waals surface area (Å²) >= 11 is 0. The summed E-state index contributed by atoms with van der Waals surface area (Å²) in [6.07, 6.45) is 2.41. The molecule has 4 nitrogen and oxygen atoms in total.